The molecule has 0 aromatic heterocycles. The molecule has 1 aliphatic carbocycles. The number of ether oxygens (including phenoxy) is 6. The Morgan fingerprint density at radius 3 is 2.32 bits per heavy atom. The molecule has 53 heavy (non-hydrogen) atoms. The van der Waals surface area contributed by atoms with Gasteiger partial charge in [-0.25, -0.2) is 9.59 Å². The summed E-state index contributed by atoms with van der Waals surface area (Å²) in [6.45, 7) is 9.51. The largest absolute Gasteiger partial charge is 0.449 e. The Labute approximate surface area is 310 Å². The molecule has 7 unspecified atom stereocenters. The Hall–Kier alpha value is -3.56. The smallest absolute Gasteiger partial charge is 0.407 e. The molecule has 0 saturated carbocycles. The van der Waals surface area contributed by atoms with Gasteiger partial charge in [-0.15, -0.1) is 0 Å². The van der Waals surface area contributed by atoms with E-state index < -0.39 is 79.1 Å². The molecule has 2 amide bonds. The lowest BCUT2D eigenvalue weighted by Gasteiger charge is -2.46. The third-order valence-corrected chi connectivity index (χ3v) is 10.8. The molecule has 6 rings (SSSR count). The lowest BCUT2D eigenvalue weighted by molar-refractivity contribution is -0.307. The van der Waals surface area contributed by atoms with Crippen molar-refractivity contribution < 1.29 is 53.3 Å². The van der Waals surface area contributed by atoms with E-state index in [9.17, 15) is 24.9 Å². The van der Waals surface area contributed by atoms with Crippen molar-refractivity contribution in [2.24, 2.45) is 11.8 Å². The van der Waals surface area contributed by atoms with Gasteiger partial charge in [0.15, 0.2) is 12.1 Å². The number of fused-ring (bicyclic) bond motifs is 4. The number of nitrogens with one attached hydrogen (secondary N) is 2. The zero-order valence-electron chi connectivity index (χ0n) is 31.2. The van der Waals surface area contributed by atoms with Crippen LogP contribution in [-0.4, -0.2) is 108 Å². The number of allylic oxidation sites excluding steroid dienone is 1. The zero-order valence-corrected chi connectivity index (χ0v) is 31.2. The van der Waals surface area contributed by atoms with Crippen LogP contribution in [0.25, 0.3) is 11.1 Å². The first-order valence-corrected chi connectivity index (χ1v) is 18.6. The van der Waals surface area contributed by atoms with Crippen molar-refractivity contribution in [2.75, 3.05) is 13.7 Å². The number of carbonyl (C=O) groups excluding carboxylic acids is 2. The van der Waals surface area contributed by atoms with Crippen LogP contribution in [0.5, 0.6) is 0 Å². The fourth-order valence-corrected chi connectivity index (χ4v) is 7.80. The number of hydrogen-bond donors (Lipinski definition) is 5. The number of alkyl carbamates (subject to hydrolysis) is 2. The summed E-state index contributed by atoms with van der Waals surface area (Å²) in [6.07, 6.45) is -4.56. The fourth-order valence-electron chi connectivity index (χ4n) is 7.80. The van der Waals surface area contributed by atoms with Gasteiger partial charge >= 0.3 is 12.2 Å². The van der Waals surface area contributed by atoms with Crippen molar-refractivity contribution >= 4 is 12.2 Å². The molecule has 2 aromatic rings. The highest BCUT2D eigenvalue weighted by atomic mass is 16.7. The van der Waals surface area contributed by atoms with Gasteiger partial charge in [-0.3, -0.25) is 0 Å². The fraction of sp³-hybridized carbons (Fsp3) is 0.600. The first kappa shape index (κ1) is 39.1. The summed E-state index contributed by atoms with van der Waals surface area (Å²) >= 11 is 0. The standard InChI is InChI=1S/C40H54N2O11/c1-21(2)15-16-24(17-31-33-32(52-39(47)41-33)19-40(48-6,53-31)18-30(43)22(3)4)51-37-36(45)34(35(44)23(5)50-37)42-38(46)49-20-29-27-13-9-7-11-25(27)26-12-8-10-14-28(26)29/h7-16,21-24,29-37,43-45H,17-20H2,1-6H3,(H,41,47)(H,42,46)/b16-15+/t23?,24?,30-,31+,32?,33+,34?,35?,36?,37?,40-/m1/s1. The third kappa shape index (κ3) is 8.57. The number of rotatable bonds is 13. The Bertz CT molecular complexity index is 1570. The first-order chi connectivity index (χ1) is 25.3. The summed E-state index contributed by atoms with van der Waals surface area (Å²) in [6, 6.07) is 14.3. The topological polar surface area (TPSA) is 174 Å². The maximum absolute atomic E-state index is 13.3. The van der Waals surface area contributed by atoms with Crippen molar-refractivity contribution in [1.29, 1.82) is 0 Å². The maximum Gasteiger partial charge on any atom is 0.407 e. The van der Waals surface area contributed by atoms with Crippen LogP contribution in [0, 0.1) is 11.8 Å². The second-order valence-electron chi connectivity index (χ2n) is 15.3. The number of methoxy groups -OCH3 is 1. The van der Waals surface area contributed by atoms with Crippen LogP contribution in [0.3, 0.4) is 0 Å². The zero-order chi connectivity index (χ0) is 38.0. The second kappa shape index (κ2) is 16.4. The molecule has 0 radical (unpaired) electrons. The van der Waals surface area contributed by atoms with Gasteiger partial charge in [-0.1, -0.05) is 88.4 Å². The van der Waals surface area contributed by atoms with Crippen LogP contribution in [0.4, 0.5) is 9.59 Å². The van der Waals surface area contributed by atoms with Gasteiger partial charge in [-0.2, -0.15) is 0 Å². The summed E-state index contributed by atoms with van der Waals surface area (Å²) in [4.78, 5) is 25.7. The van der Waals surface area contributed by atoms with Gasteiger partial charge in [0.2, 0.25) is 0 Å². The SMILES string of the molecule is CO[C@@]1(C[C@@H](O)C(C)C)CC2OC(=O)N[C@H]2[C@H](CC(/C=C/C(C)C)OC2OC(C)C(O)C(NC(=O)OCC3c4ccccc4-c4ccccc43)C2O)O1. The Morgan fingerprint density at radius 2 is 1.70 bits per heavy atom. The Kier molecular flexibility index (Phi) is 12.1. The molecule has 3 saturated heterocycles. The minimum atomic E-state index is -1.48. The molecular formula is C40H54N2O11. The minimum absolute atomic E-state index is 0.0617. The van der Waals surface area contributed by atoms with E-state index in [-0.39, 0.29) is 43.6 Å². The summed E-state index contributed by atoms with van der Waals surface area (Å²) in [5, 5.41) is 38.9. The van der Waals surface area contributed by atoms with Crippen LogP contribution in [0.2, 0.25) is 0 Å². The highest BCUT2D eigenvalue weighted by Crippen LogP contribution is 2.45. The molecule has 5 N–H and O–H groups in total. The summed E-state index contributed by atoms with van der Waals surface area (Å²) in [5.74, 6) is -1.31. The quantitative estimate of drug-likeness (QED) is 0.185. The van der Waals surface area contributed by atoms with E-state index in [1.165, 1.54) is 7.11 Å². The molecule has 3 aliphatic heterocycles. The van der Waals surface area contributed by atoms with Gasteiger partial charge < -0.3 is 54.4 Å². The van der Waals surface area contributed by atoms with Gasteiger partial charge in [0.05, 0.1) is 36.5 Å². The number of carbonyl (C=O) groups is 2. The van der Waals surface area contributed by atoms with E-state index in [4.69, 9.17) is 28.4 Å². The van der Waals surface area contributed by atoms with E-state index in [1.807, 2.05) is 76.2 Å². The van der Waals surface area contributed by atoms with Gasteiger partial charge in [-0.05, 0) is 41.0 Å². The van der Waals surface area contributed by atoms with Crippen molar-refractivity contribution in [2.45, 2.75) is 127 Å². The molecule has 0 bridgehead atoms. The number of hydrogen-bond acceptors (Lipinski definition) is 11. The normalized spacial score (nSPS) is 32.2. The predicted molar refractivity (Wildman–Crippen MR) is 194 cm³/mol. The molecule has 290 valence electrons. The summed E-state index contributed by atoms with van der Waals surface area (Å²) in [5.41, 5.74) is 4.32. The van der Waals surface area contributed by atoms with Crippen LogP contribution >= 0.6 is 0 Å². The van der Waals surface area contributed by atoms with E-state index in [1.54, 1.807) is 6.92 Å². The van der Waals surface area contributed by atoms with E-state index >= 15 is 0 Å². The van der Waals surface area contributed by atoms with Crippen LogP contribution in [0.1, 0.15) is 70.9 Å². The molecular weight excluding hydrogens is 684 g/mol. The number of aliphatic hydroxyl groups excluding tert-OH is 3. The molecule has 3 heterocycles. The predicted octanol–water partition coefficient (Wildman–Crippen LogP) is 4.36. The molecule has 13 nitrogen and oxygen atoms in total. The Morgan fingerprint density at radius 1 is 1.04 bits per heavy atom. The lowest BCUT2D eigenvalue weighted by Crippen LogP contribution is -2.64. The van der Waals surface area contributed by atoms with Crippen molar-refractivity contribution in [1.82, 2.24) is 10.6 Å². The van der Waals surface area contributed by atoms with Gasteiger partial charge in [0.25, 0.3) is 0 Å². The molecule has 0 spiro atoms. The van der Waals surface area contributed by atoms with Crippen molar-refractivity contribution in [3.8, 4) is 11.1 Å². The number of aliphatic hydroxyl groups is 3. The average Bonchev–Trinajstić information content (AvgIpc) is 3.66. The van der Waals surface area contributed by atoms with Crippen molar-refractivity contribution in [3.05, 3.63) is 71.8 Å². The summed E-state index contributed by atoms with van der Waals surface area (Å²) in [7, 11) is 1.50. The maximum atomic E-state index is 13.3. The Balaban J connectivity index is 1.15. The summed E-state index contributed by atoms with van der Waals surface area (Å²) < 4.78 is 36.2. The van der Waals surface area contributed by atoms with Gasteiger partial charge in [0.1, 0.15) is 24.9 Å². The average molecular weight is 739 g/mol. The van der Waals surface area contributed by atoms with Crippen LogP contribution < -0.4 is 10.6 Å². The van der Waals surface area contributed by atoms with Crippen LogP contribution in [-0.2, 0) is 28.4 Å². The molecule has 4 aliphatic rings. The third-order valence-electron chi connectivity index (χ3n) is 10.8. The highest BCUT2D eigenvalue weighted by Gasteiger charge is 2.54. The first-order valence-electron chi connectivity index (χ1n) is 18.6. The number of amides is 2. The van der Waals surface area contributed by atoms with Gasteiger partial charge in [0, 0.05) is 32.3 Å². The second-order valence-corrected chi connectivity index (χ2v) is 15.3. The van der Waals surface area contributed by atoms with E-state index in [0.717, 1.165) is 22.3 Å². The molecule has 3 fully saturated rings. The minimum Gasteiger partial charge on any atom is -0.449 e. The molecule has 2 aromatic carbocycles. The van der Waals surface area contributed by atoms with Crippen molar-refractivity contribution in [3.63, 3.8) is 0 Å². The lowest BCUT2D eigenvalue weighted by atomic mass is 9.86. The monoisotopic (exact) mass is 738 g/mol. The van der Waals surface area contributed by atoms with E-state index in [0.29, 0.717) is 0 Å². The molecule has 11 atom stereocenters. The molecule has 13 heteroatoms. The number of benzene rings is 2. The van der Waals surface area contributed by atoms with Crippen LogP contribution in [0.15, 0.2) is 60.7 Å². The highest BCUT2D eigenvalue weighted by molar-refractivity contribution is 5.79. The van der Waals surface area contributed by atoms with E-state index in [2.05, 4.69) is 22.8 Å².